The Bertz CT molecular complexity index is 357. The molecule has 0 amide bonds. The van der Waals surface area contributed by atoms with Gasteiger partial charge in [-0.05, 0) is 24.1 Å². The summed E-state index contributed by atoms with van der Waals surface area (Å²) in [5, 5.41) is 3.36. The van der Waals surface area contributed by atoms with Crippen molar-refractivity contribution in [1.82, 2.24) is 10.2 Å². The van der Waals surface area contributed by atoms with Crippen molar-refractivity contribution in [1.29, 1.82) is 0 Å². The molecule has 0 radical (unpaired) electrons. The number of hydrogen-bond acceptors (Lipinski definition) is 2. The summed E-state index contributed by atoms with van der Waals surface area (Å²) in [6.07, 6.45) is 2.23. The lowest BCUT2D eigenvalue weighted by atomic mass is 10.00. The van der Waals surface area contributed by atoms with Crippen LogP contribution in [-0.2, 0) is 0 Å². The molecule has 1 aliphatic rings. The fourth-order valence-electron chi connectivity index (χ4n) is 2.54. The summed E-state index contributed by atoms with van der Waals surface area (Å²) in [6.45, 7) is 6.38. The zero-order valence-electron chi connectivity index (χ0n) is 11.3. The first-order chi connectivity index (χ1) is 8.31. The van der Waals surface area contributed by atoms with Gasteiger partial charge in [-0.25, -0.2) is 4.39 Å². The van der Waals surface area contributed by atoms with Crippen LogP contribution in [0.25, 0.3) is 0 Å². The first kappa shape index (κ1) is 18.7. The quantitative estimate of drug-likeness (QED) is 0.917. The molecule has 0 aliphatic carbocycles. The second-order valence-electron chi connectivity index (χ2n) is 4.65. The van der Waals surface area contributed by atoms with E-state index in [9.17, 15) is 4.39 Å². The van der Waals surface area contributed by atoms with Crippen LogP contribution in [0.5, 0.6) is 0 Å². The number of piperazine rings is 1. The molecule has 1 N–H and O–H groups in total. The highest BCUT2D eigenvalue weighted by molar-refractivity contribution is 5.85. The van der Waals surface area contributed by atoms with Crippen LogP contribution in [0, 0.1) is 5.82 Å². The number of rotatable bonds is 4. The van der Waals surface area contributed by atoms with Gasteiger partial charge in [0, 0.05) is 32.2 Å². The van der Waals surface area contributed by atoms with Crippen LogP contribution in [0.3, 0.4) is 0 Å². The minimum absolute atomic E-state index is 0. The van der Waals surface area contributed by atoms with Crippen LogP contribution < -0.4 is 5.32 Å². The first-order valence-electron chi connectivity index (χ1n) is 6.51. The lowest BCUT2D eigenvalue weighted by molar-refractivity contribution is 0.164. The van der Waals surface area contributed by atoms with Gasteiger partial charge in [-0.15, -0.1) is 24.8 Å². The lowest BCUT2D eigenvalue weighted by Gasteiger charge is -2.35. The van der Waals surface area contributed by atoms with Gasteiger partial charge in [0.05, 0.1) is 0 Å². The van der Waals surface area contributed by atoms with E-state index in [1.165, 1.54) is 6.07 Å². The highest BCUT2D eigenvalue weighted by Gasteiger charge is 2.21. The van der Waals surface area contributed by atoms with Crippen molar-refractivity contribution in [2.45, 2.75) is 25.8 Å². The van der Waals surface area contributed by atoms with Crippen LogP contribution in [0.1, 0.15) is 31.4 Å². The third kappa shape index (κ3) is 5.27. The molecule has 1 atom stereocenters. The summed E-state index contributed by atoms with van der Waals surface area (Å²) in [6, 6.07) is 7.44. The summed E-state index contributed by atoms with van der Waals surface area (Å²) in [5.41, 5.74) is 1.12. The molecule has 0 aromatic heterocycles. The molecule has 0 bridgehead atoms. The van der Waals surface area contributed by atoms with E-state index < -0.39 is 0 Å². The van der Waals surface area contributed by atoms with Crippen molar-refractivity contribution >= 4 is 24.8 Å². The Morgan fingerprint density at radius 2 is 1.95 bits per heavy atom. The van der Waals surface area contributed by atoms with Gasteiger partial charge in [-0.1, -0.05) is 25.5 Å². The van der Waals surface area contributed by atoms with Crippen molar-refractivity contribution in [3.8, 4) is 0 Å². The minimum Gasteiger partial charge on any atom is -0.314 e. The number of benzene rings is 1. The van der Waals surface area contributed by atoms with Crippen LogP contribution in [0.2, 0.25) is 0 Å². The molecule has 1 aliphatic heterocycles. The molecule has 1 aromatic carbocycles. The van der Waals surface area contributed by atoms with Gasteiger partial charge in [0.25, 0.3) is 0 Å². The Morgan fingerprint density at radius 3 is 2.53 bits per heavy atom. The Hall–Kier alpha value is -0.350. The second-order valence-corrected chi connectivity index (χ2v) is 4.65. The van der Waals surface area contributed by atoms with E-state index in [1.54, 1.807) is 6.07 Å². The fraction of sp³-hybridized carbons (Fsp3) is 0.571. The summed E-state index contributed by atoms with van der Waals surface area (Å²) in [7, 11) is 0. The number of hydrogen-bond donors (Lipinski definition) is 1. The number of nitrogens with zero attached hydrogens (tertiary/aromatic N) is 1. The van der Waals surface area contributed by atoms with Crippen LogP contribution >= 0.6 is 24.8 Å². The number of nitrogens with one attached hydrogen (secondary N) is 1. The zero-order chi connectivity index (χ0) is 12.1. The first-order valence-corrected chi connectivity index (χ1v) is 6.51. The molecular weight excluding hydrogens is 286 g/mol. The fourth-order valence-corrected chi connectivity index (χ4v) is 2.54. The third-order valence-corrected chi connectivity index (χ3v) is 3.39. The largest absolute Gasteiger partial charge is 0.314 e. The van der Waals surface area contributed by atoms with E-state index in [0.29, 0.717) is 6.04 Å². The maximum absolute atomic E-state index is 13.3. The summed E-state index contributed by atoms with van der Waals surface area (Å²) in [4.78, 5) is 2.47. The van der Waals surface area contributed by atoms with E-state index in [-0.39, 0.29) is 30.6 Å². The monoisotopic (exact) mass is 308 g/mol. The topological polar surface area (TPSA) is 15.3 Å². The molecule has 110 valence electrons. The van der Waals surface area contributed by atoms with E-state index in [1.807, 2.05) is 12.1 Å². The average molecular weight is 309 g/mol. The molecule has 1 aromatic rings. The van der Waals surface area contributed by atoms with E-state index >= 15 is 0 Å². The van der Waals surface area contributed by atoms with Crippen LogP contribution in [-0.4, -0.2) is 31.1 Å². The van der Waals surface area contributed by atoms with Crippen molar-refractivity contribution in [2.24, 2.45) is 0 Å². The Balaban J connectivity index is 0.00000162. The van der Waals surface area contributed by atoms with E-state index in [4.69, 9.17) is 0 Å². The molecule has 2 rings (SSSR count). The predicted octanol–water partition coefficient (Wildman–Crippen LogP) is 3.42. The smallest absolute Gasteiger partial charge is 0.123 e. The molecule has 0 spiro atoms. The van der Waals surface area contributed by atoms with E-state index in [2.05, 4.69) is 17.1 Å². The predicted molar refractivity (Wildman–Crippen MR) is 83.0 cm³/mol. The summed E-state index contributed by atoms with van der Waals surface area (Å²) < 4.78 is 13.3. The summed E-state index contributed by atoms with van der Waals surface area (Å²) >= 11 is 0. The Labute approximate surface area is 127 Å². The standard InChI is InChI=1S/C14H21FN2.2ClH/c1-2-4-14(17-9-7-16-8-10-17)12-5-3-6-13(15)11-12;;/h3,5-6,11,14,16H,2,4,7-10H2,1H3;2*1H/t14-;;/m1../s1. The number of halogens is 3. The minimum atomic E-state index is -0.126. The normalized spacial score (nSPS) is 17.2. The molecule has 0 saturated carbocycles. The maximum Gasteiger partial charge on any atom is 0.123 e. The summed E-state index contributed by atoms with van der Waals surface area (Å²) in [5.74, 6) is -0.126. The molecule has 0 unspecified atom stereocenters. The van der Waals surface area contributed by atoms with Gasteiger partial charge in [0.1, 0.15) is 5.82 Å². The van der Waals surface area contributed by atoms with E-state index in [0.717, 1.165) is 44.6 Å². The highest BCUT2D eigenvalue weighted by Crippen LogP contribution is 2.26. The molecule has 5 heteroatoms. The molecule has 2 nitrogen and oxygen atoms in total. The van der Waals surface area contributed by atoms with Crippen molar-refractivity contribution < 1.29 is 4.39 Å². The van der Waals surface area contributed by atoms with Gasteiger partial charge in [0.2, 0.25) is 0 Å². The lowest BCUT2D eigenvalue weighted by Crippen LogP contribution is -2.45. The van der Waals surface area contributed by atoms with Crippen molar-refractivity contribution in [2.75, 3.05) is 26.2 Å². The molecule has 1 heterocycles. The molecular formula is C14H23Cl2FN2. The van der Waals surface area contributed by atoms with Crippen molar-refractivity contribution in [3.63, 3.8) is 0 Å². The van der Waals surface area contributed by atoms with Crippen molar-refractivity contribution in [3.05, 3.63) is 35.6 Å². The molecule has 1 fully saturated rings. The van der Waals surface area contributed by atoms with Crippen LogP contribution in [0.4, 0.5) is 4.39 Å². The van der Waals surface area contributed by atoms with Gasteiger partial charge in [-0.3, -0.25) is 4.90 Å². The third-order valence-electron chi connectivity index (χ3n) is 3.39. The Morgan fingerprint density at radius 1 is 1.26 bits per heavy atom. The zero-order valence-corrected chi connectivity index (χ0v) is 12.9. The van der Waals surface area contributed by atoms with Crippen LogP contribution in [0.15, 0.2) is 24.3 Å². The van der Waals surface area contributed by atoms with Gasteiger partial charge >= 0.3 is 0 Å². The Kier molecular flexibility index (Phi) is 9.36. The van der Waals surface area contributed by atoms with Gasteiger partial charge < -0.3 is 5.32 Å². The molecule has 19 heavy (non-hydrogen) atoms. The average Bonchev–Trinajstić information content (AvgIpc) is 2.37. The van der Waals surface area contributed by atoms with Gasteiger partial charge in [-0.2, -0.15) is 0 Å². The SMILES string of the molecule is CCC[C@H](c1cccc(F)c1)N1CCNCC1.Cl.Cl. The highest BCUT2D eigenvalue weighted by atomic mass is 35.5. The maximum atomic E-state index is 13.3. The second kappa shape index (κ2) is 9.54. The van der Waals surface area contributed by atoms with Gasteiger partial charge in [0.15, 0.2) is 0 Å². The molecule has 1 saturated heterocycles.